The molecule has 0 spiro atoms. The minimum Gasteiger partial charge on any atom is -0.208 e. The number of hydrogen-bond acceptors (Lipinski definition) is 2. The van der Waals surface area contributed by atoms with Gasteiger partial charge in [-0.1, -0.05) is 31.9 Å². The second kappa shape index (κ2) is 6.01. The van der Waals surface area contributed by atoms with Crippen molar-refractivity contribution in [3.05, 3.63) is 30.1 Å². The molecule has 0 radical (unpaired) electrons. The fraction of sp³-hybridized carbons (Fsp3) is 0.571. The predicted octanol–water partition coefficient (Wildman–Crippen LogP) is 3.07. The zero-order chi connectivity index (χ0) is 13.9. The van der Waals surface area contributed by atoms with Crippen LogP contribution in [0.25, 0.3) is 0 Å². The van der Waals surface area contributed by atoms with Gasteiger partial charge in [0.2, 0.25) is 10.0 Å². The summed E-state index contributed by atoms with van der Waals surface area (Å²) in [6.45, 7) is 2.19. The molecule has 106 valence electrons. The smallest absolute Gasteiger partial charge is 0.208 e. The second-order valence-electron chi connectivity index (χ2n) is 5.36. The Morgan fingerprint density at radius 1 is 1.16 bits per heavy atom. The van der Waals surface area contributed by atoms with Crippen LogP contribution in [0.2, 0.25) is 0 Å². The zero-order valence-corrected chi connectivity index (χ0v) is 11.9. The van der Waals surface area contributed by atoms with E-state index in [2.05, 4.69) is 11.6 Å². The van der Waals surface area contributed by atoms with Crippen LogP contribution >= 0.6 is 0 Å². The van der Waals surface area contributed by atoms with E-state index in [9.17, 15) is 12.8 Å². The Labute approximate surface area is 114 Å². The summed E-state index contributed by atoms with van der Waals surface area (Å²) in [5.74, 6) is -0.0556. The molecule has 2 rings (SSSR count). The Bertz CT molecular complexity index is 530. The van der Waals surface area contributed by atoms with E-state index in [1.165, 1.54) is 24.3 Å². The van der Waals surface area contributed by atoms with Crippen molar-refractivity contribution in [3.8, 4) is 0 Å². The van der Waals surface area contributed by atoms with Gasteiger partial charge in [-0.05, 0) is 37.3 Å². The topological polar surface area (TPSA) is 46.2 Å². The fourth-order valence-electron chi connectivity index (χ4n) is 2.55. The molecule has 0 heterocycles. The van der Waals surface area contributed by atoms with Crippen molar-refractivity contribution in [2.75, 3.05) is 0 Å². The minimum atomic E-state index is -3.75. The summed E-state index contributed by atoms with van der Waals surface area (Å²) in [6, 6.07) is 5.42. The van der Waals surface area contributed by atoms with Gasteiger partial charge in [-0.15, -0.1) is 0 Å². The number of hydrogen-bond donors (Lipinski definition) is 1. The summed E-state index contributed by atoms with van der Waals surface area (Å²) in [7, 11) is -3.75. The van der Waals surface area contributed by atoms with Crippen LogP contribution < -0.4 is 4.72 Å². The second-order valence-corrected chi connectivity index (χ2v) is 7.04. The average molecular weight is 285 g/mol. The third kappa shape index (κ3) is 3.76. The molecule has 0 aliphatic heterocycles. The van der Waals surface area contributed by atoms with Crippen LogP contribution in [0.15, 0.2) is 29.2 Å². The lowest BCUT2D eigenvalue weighted by molar-refractivity contribution is 0.482. The van der Waals surface area contributed by atoms with Gasteiger partial charge in [-0.2, -0.15) is 0 Å². The summed E-state index contributed by atoms with van der Waals surface area (Å²) >= 11 is 0. The van der Waals surface area contributed by atoms with Gasteiger partial charge in [0.25, 0.3) is 0 Å². The van der Waals surface area contributed by atoms with Crippen molar-refractivity contribution in [2.45, 2.75) is 50.0 Å². The Kier molecular flexibility index (Phi) is 4.58. The van der Waals surface area contributed by atoms with E-state index >= 15 is 0 Å². The maximum absolute atomic E-state index is 13.6. The monoisotopic (exact) mass is 285 g/mol. The summed E-state index contributed by atoms with van der Waals surface area (Å²) < 4.78 is 40.5. The summed E-state index contributed by atoms with van der Waals surface area (Å²) in [6.07, 6.45) is 4.83. The van der Waals surface area contributed by atoms with E-state index in [-0.39, 0.29) is 10.9 Å². The van der Waals surface area contributed by atoms with Crippen molar-refractivity contribution in [1.82, 2.24) is 4.72 Å². The highest BCUT2D eigenvalue weighted by Gasteiger charge is 2.24. The first-order valence-electron chi connectivity index (χ1n) is 6.76. The van der Waals surface area contributed by atoms with Gasteiger partial charge < -0.3 is 0 Å². The van der Waals surface area contributed by atoms with Crippen molar-refractivity contribution in [1.29, 1.82) is 0 Å². The highest BCUT2D eigenvalue weighted by molar-refractivity contribution is 7.89. The third-order valence-electron chi connectivity index (χ3n) is 3.71. The minimum absolute atomic E-state index is 0.0745. The lowest BCUT2D eigenvalue weighted by atomic mass is 10.0. The van der Waals surface area contributed by atoms with E-state index in [1.807, 2.05) is 0 Å². The van der Waals surface area contributed by atoms with E-state index in [1.54, 1.807) is 0 Å². The summed E-state index contributed by atoms with van der Waals surface area (Å²) in [4.78, 5) is -0.257. The Morgan fingerprint density at radius 3 is 2.63 bits per heavy atom. The Hall–Kier alpha value is -0.940. The highest BCUT2D eigenvalue weighted by atomic mass is 32.2. The van der Waals surface area contributed by atoms with E-state index in [4.69, 9.17) is 0 Å². The molecule has 0 bridgehead atoms. The largest absolute Gasteiger partial charge is 0.243 e. The maximum atomic E-state index is 13.6. The molecule has 2 unspecified atom stereocenters. The van der Waals surface area contributed by atoms with Gasteiger partial charge >= 0.3 is 0 Å². The number of rotatable bonds is 3. The molecule has 1 aliphatic rings. The van der Waals surface area contributed by atoms with Crippen LogP contribution in [0.4, 0.5) is 4.39 Å². The molecule has 1 N–H and O–H groups in total. The van der Waals surface area contributed by atoms with Crippen molar-refractivity contribution >= 4 is 10.0 Å². The van der Waals surface area contributed by atoms with Crippen LogP contribution in [-0.4, -0.2) is 14.5 Å². The fourth-order valence-corrected chi connectivity index (χ4v) is 3.93. The summed E-state index contributed by atoms with van der Waals surface area (Å²) in [5, 5.41) is 0. The first-order chi connectivity index (χ1) is 8.99. The van der Waals surface area contributed by atoms with E-state index in [0.29, 0.717) is 5.92 Å². The van der Waals surface area contributed by atoms with Crippen LogP contribution in [0, 0.1) is 11.7 Å². The van der Waals surface area contributed by atoms with Crippen molar-refractivity contribution < 1.29 is 12.8 Å². The van der Waals surface area contributed by atoms with E-state index < -0.39 is 15.8 Å². The first kappa shape index (κ1) is 14.5. The van der Waals surface area contributed by atoms with Crippen LogP contribution in [-0.2, 0) is 10.0 Å². The molecule has 5 heteroatoms. The number of halogens is 1. The SMILES string of the molecule is CC1CCCC(NS(=O)(=O)c2ccccc2F)CC1. The molecule has 0 saturated heterocycles. The lowest BCUT2D eigenvalue weighted by Gasteiger charge is -2.16. The van der Waals surface area contributed by atoms with Gasteiger partial charge in [-0.3, -0.25) is 0 Å². The van der Waals surface area contributed by atoms with Crippen molar-refractivity contribution in [3.63, 3.8) is 0 Å². The molecule has 19 heavy (non-hydrogen) atoms. The maximum Gasteiger partial charge on any atom is 0.243 e. The highest BCUT2D eigenvalue weighted by Crippen LogP contribution is 2.24. The molecule has 3 nitrogen and oxygen atoms in total. The Morgan fingerprint density at radius 2 is 1.89 bits per heavy atom. The van der Waals surface area contributed by atoms with Crippen LogP contribution in [0.3, 0.4) is 0 Å². The quantitative estimate of drug-likeness (QED) is 0.868. The molecule has 1 fully saturated rings. The molecule has 1 aromatic rings. The molecule has 0 aromatic heterocycles. The molecule has 0 amide bonds. The standard InChI is InChI=1S/C14H20FNO2S/c1-11-5-4-6-12(10-9-11)16-19(17,18)14-8-3-2-7-13(14)15/h2-3,7-8,11-12,16H,4-6,9-10H2,1H3. The molecule has 1 aliphatic carbocycles. The normalized spacial score (nSPS) is 24.9. The van der Waals surface area contributed by atoms with Crippen LogP contribution in [0.5, 0.6) is 0 Å². The lowest BCUT2D eigenvalue weighted by Crippen LogP contribution is -2.34. The van der Waals surface area contributed by atoms with Gasteiger partial charge in [-0.25, -0.2) is 17.5 Å². The van der Waals surface area contributed by atoms with Gasteiger partial charge in [0.1, 0.15) is 10.7 Å². The first-order valence-corrected chi connectivity index (χ1v) is 8.24. The van der Waals surface area contributed by atoms with Gasteiger partial charge in [0.15, 0.2) is 0 Å². The molecule has 1 saturated carbocycles. The number of nitrogens with one attached hydrogen (secondary N) is 1. The van der Waals surface area contributed by atoms with Crippen molar-refractivity contribution in [2.24, 2.45) is 5.92 Å². The molecular formula is C14H20FNO2S. The molecular weight excluding hydrogens is 265 g/mol. The number of sulfonamides is 1. The molecule has 1 aromatic carbocycles. The van der Waals surface area contributed by atoms with Crippen LogP contribution in [0.1, 0.15) is 39.0 Å². The average Bonchev–Trinajstić information content (AvgIpc) is 2.54. The zero-order valence-electron chi connectivity index (χ0n) is 11.1. The number of benzene rings is 1. The van der Waals surface area contributed by atoms with E-state index in [0.717, 1.165) is 32.1 Å². The van der Waals surface area contributed by atoms with Gasteiger partial charge in [0.05, 0.1) is 0 Å². The summed E-state index contributed by atoms with van der Waals surface area (Å²) in [5.41, 5.74) is 0. The Balaban J connectivity index is 2.11. The van der Waals surface area contributed by atoms with Gasteiger partial charge in [0, 0.05) is 6.04 Å². The third-order valence-corrected chi connectivity index (χ3v) is 5.26. The predicted molar refractivity (Wildman–Crippen MR) is 72.8 cm³/mol. The molecule has 2 atom stereocenters.